The average molecular weight is 663 g/mol. The Morgan fingerprint density at radius 3 is 2.02 bits per heavy atom. The number of pyridine rings is 1. The van der Waals surface area contributed by atoms with Gasteiger partial charge in [-0.2, -0.15) is 10.1 Å². The maximum atomic E-state index is 15.9. The van der Waals surface area contributed by atoms with Crippen molar-refractivity contribution < 1.29 is 8.91 Å². The van der Waals surface area contributed by atoms with Gasteiger partial charge in [-0.05, 0) is 59.9 Å². The number of aromatic nitrogens is 6. The van der Waals surface area contributed by atoms with Crippen LogP contribution >= 0.6 is 11.6 Å². The van der Waals surface area contributed by atoms with Crippen LogP contribution in [0.5, 0.6) is 0 Å². The second-order valence-corrected chi connectivity index (χ2v) is 12.7. The summed E-state index contributed by atoms with van der Waals surface area (Å²) in [6.07, 6.45) is 7.84. The molecule has 0 N–H and O–H groups in total. The summed E-state index contributed by atoms with van der Waals surface area (Å²) >= 11 is 6.24. The molecule has 0 aliphatic heterocycles. The van der Waals surface area contributed by atoms with Gasteiger partial charge in [-0.25, -0.2) is 9.37 Å². The molecule has 1 aliphatic carbocycles. The Morgan fingerprint density at radius 2 is 1.41 bits per heavy atom. The SMILES string of the molecule is Fc1cc(Cl)ccc1-c1nn(C(c2ccccc2)(c2ccccc2)c2ccccc2)cc1-c1ccc2ncc(-c3noc(C4CC4)n3)n2c1. The maximum Gasteiger partial charge on any atom is 0.230 e. The topological polar surface area (TPSA) is 74.0 Å². The van der Waals surface area contributed by atoms with Crippen molar-refractivity contribution in [2.24, 2.45) is 0 Å². The van der Waals surface area contributed by atoms with E-state index in [0.29, 0.717) is 39.6 Å². The van der Waals surface area contributed by atoms with E-state index >= 15 is 4.39 Å². The van der Waals surface area contributed by atoms with Crippen LogP contribution in [0.2, 0.25) is 5.02 Å². The highest BCUT2D eigenvalue weighted by atomic mass is 35.5. The van der Waals surface area contributed by atoms with Crippen molar-refractivity contribution in [2.75, 3.05) is 0 Å². The molecule has 4 aromatic heterocycles. The standard InChI is InChI=1S/C40H28ClFN6O/c41-31-19-20-32(34(42)22-31)37-33(27-18-21-36-43-23-35(47(36)24-27)38-44-39(49-46-38)26-16-17-26)25-48(45-37)40(28-10-4-1-5-11-28,29-12-6-2-7-13-29)30-14-8-3-9-15-30/h1-15,18-26H,16-17H2. The monoisotopic (exact) mass is 662 g/mol. The molecule has 1 fully saturated rings. The summed E-state index contributed by atoms with van der Waals surface area (Å²) in [5.74, 6) is 0.995. The van der Waals surface area contributed by atoms with Crippen molar-refractivity contribution in [1.29, 1.82) is 0 Å². The molecule has 1 saturated carbocycles. The number of rotatable bonds is 8. The smallest absolute Gasteiger partial charge is 0.230 e. The van der Waals surface area contributed by atoms with E-state index in [1.54, 1.807) is 18.3 Å². The summed E-state index contributed by atoms with van der Waals surface area (Å²) in [5.41, 5.74) is 5.84. The molecule has 0 spiro atoms. The summed E-state index contributed by atoms with van der Waals surface area (Å²) in [7, 11) is 0. The Hall–Kier alpha value is -5.86. The Bertz CT molecular complexity index is 2340. The highest BCUT2D eigenvalue weighted by Crippen LogP contribution is 2.44. The molecule has 0 atom stereocenters. The lowest BCUT2D eigenvalue weighted by atomic mass is 9.77. The highest BCUT2D eigenvalue weighted by Gasteiger charge is 2.40. The van der Waals surface area contributed by atoms with Crippen LogP contribution in [0, 0.1) is 5.82 Å². The zero-order chi connectivity index (χ0) is 33.0. The normalized spacial score (nSPS) is 13.3. The van der Waals surface area contributed by atoms with Gasteiger partial charge in [-0.3, -0.25) is 9.08 Å². The van der Waals surface area contributed by atoms with Gasteiger partial charge in [0, 0.05) is 40.0 Å². The van der Waals surface area contributed by atoms with E-state index < -0.39 is 11.4 Å². The first-order valence-electron chi connectivity index (χ1n) is 16.1. The molecule has 7 nitrogen and oxygen atoms in total. The van der Waals surface area contributed by atoms with Gasteiger partial charge in [0.1, 0.15) is 28.4 Å². The van der Waals surface area contributed by atoms with Gasteiger partial charge in [0.25, 0.3) is 0 Å². The van der Waals surface area contributed by atoms with Crippen LogP contribution in [-0.2, 0) is 5.54 Å². The number of nitrogens with zero attached hydrogens (tertiary/aromatic N) is 6. The highest BCUT2D eigenvalue weighted by molar-refractivity contribution is 6.30. The fourth-order valence-electron chi connectivity index (χ4n) is 6.71. The third-order valence-electron chi connectivity index (χ3n) is 9.23. The van der Waals surface area contributed by atoms with Crippen molar-refractivity contribution in [1.82, 2.24) is 29.3 Å². The number of fused-ring (bicyclic) bond motifs is 1. The van der Waals surface area contributed by atoms with Crippen LogP contribution in [0.25, 0.3) is 39.5 Å². The zero-order valence-electron chi connectivity index (χ0n) is 26.1. The fraction of sp³-hybridized carbons (Fsp3) is 0.100. The van der Waals surface area contributed by atoms with Crippen LogP contribution in [0.3, 0.4) is 0 Å². The molecule has 1 aliphatic rings. The lowest BCUT2D eigenvalue weighted by Crippen LogP contribution is -2.38. The van der Waals surface area contributed by atoms with Crippen LogP contribution in [0.1, 0.15) is 41.3 Å². The van der Waals surface area contributed by atoms with Gasteiger partial charge < -0.3 is 4.52 Å². The van der Waals surface area contributed by atoms with Crippen molar-refractivity contribution >= 4 is 17.2 Å². The maximum absolute atomic E-state index is 15.9. The minimum absolute atomic E-state index is 0.310. The third-order valence-corrected chi connectivity index (χ3v) is 9.47. The van der Waals surface area contributed by atoms with Gasteiger partial charge in [0.2, 0.25) is 11.7 Å². The molecule has 0 radical (unpaired) electrons. The van der Waals surface area contributed by atoms with Crippen molar-refractivity contribution in [3.63, 3.8) is 0 Å². The molecule has 8 aromatic rings. The largest absolute Gasteiger partial charge is 0.339 e. The second-order valence-electron chi connectivity index (χ2n) is 12.3. The van der Waals surface area contributed by atoms with Gasteiger partial charge in [0.15, 0.2) is 0 Å². The Balaban J connectivity index is 1.32. The lowest BCUT2D eigenvalue weighted by molar-refractivity contribution is 0.380. The first kappa shape index (κ1) is 29.3. The van der Waals surface area contributed by atoms with Crippen molar-refractivity contribution in [3.8, 4) is 33.9 Å². The zero-order valence-corrected chi connectivity index (χ0v) is 26.9. The van der Waals surface area contributed by atoms with Gasteiger partial charge in [0.05, 0.1) is 6.20 Å². The molecule has 4 heterocycles. The van der Waals surface area contributed by atoms with Gasteiger partial charge >= 0.3 is 0 Å². The molecule has 238 valence electrons. The first-order chi connectivity index (χ1) is 24.1. The Labute approximate surface area is 286 Å². The second kappa shape index (κ2) is 11.7. The third kappa shape index (κ3) is 4.95. The molecule has 49 heavy (non-hydrogen) atoms. The summed E-state index contributed by atoms with van der Waals surface area (Å²) in [4.78, 5) is 9.29. The molecule has 0 unspecified atom stereocenters. The lowest BCUT2D eigenvalue weighted by Gasteiger charge is -2.36. The summed E-state index contributed by atoms with van der Waals surface area (Å²) in [6, 6.07) is 39.4. The van der Waals surface area contributed by atoms with E-state index in [9.17, 15) is 0 Å². The minimum atomic E-state index is -0.909. The predicted molar refractivity (Wildman–Crippen MR) is 187 cm³/mol. The van der Waals surface area contributed by atoms with Crippen LogP contribution in [0.15, 0.2) is 144 Å². The van der Waals surface area contributed by atoms with Crippen molar-refractivity contribution in [3.05, 3.63) is 173 Å². The quantitative estimate of drug-likeness (QED) is 0.152. The molecular weight excluding hydrogens is 635 g/mol. The number of halogens is 2. The molecule has 0 bridgehead atoms. The van der Waals surface area contributed by atoms with E-state index in [1.807, 2.05) is 88.2 Å². The van der Waals surface area contributed by atoms with Crippen LogP contribution < -0.4 is 0 Å². The van der Waals surface area contributed by atoms with E-state index in [-0.39, 0.29) is 0 Å². The Kier molecular flexibility index (Phi) is 6.98. The number of imidazole rings is 1. The van der Waals surface area contributed by atoms with Crippen molar-refractivity contribution in [2.45, 2.75) is 24.3 Å². The van der Waals surface area contributed by atoms with E-state index in [1.165, 1.54) is 6.07 Å². The van der Waals surface area contributed by atoms with E-state index in [4.69, 9.17) is 21.2 Å². The number of hydrogen-bond donors (Lipinski definition) is 0. The Morgan fingerprint density at radius 1 is 0.755 bits per heavy atom. The molecule has 9 heteroatoms. The summed E-state index contributed by atoms with van der Waals surface area (Å²) < 4.78 is 25.4. The first-order valence-corrected chi connectivity index (χ1v) is 16.5. The number of benzene rings is 4. The van der Waals surface area contributed by atoms with Gasteiger partial charge in [-0.1, -0.05) is 108 Å². The number of hydrogen-bond acceptors (Lipinski definition) is 5. The molecule has 0 saturated heterocycles. The van der Waals surface area contributed by atoms with Crippen LogP contribution in [0.4, 0.5) is 4.39 Å². The predicted octanol–water partition coefficient (Wildman–Crippen LogP) is 9.42. The summed E-state index contributed by atoms with van der Waals surface area (Å²) in [6.45, 7) is 0. The van der Waals surface area contributed by atoms with E-state index in [0.717, 1.165) is 46.3 Å². The van der Waals surface area contributed by atoms with Crippen LogP contribution in [-0.4, -0.2) is 29.3 Å². The molecule has 0 amide bonds. The molecule has 4 aromatic carbocycles. The minimum Gasteiger partial charge on any atom is -0.339 e. The van der Waals surface area contributed by atoms with Gasteiger partial charge in [-0.15, -0.1) is 0 Å². The van der Waals surface area contributed by atoms with E-state index in [2.05, 4.69) is 51.5 Å². The summed E-state index contributed by atoms with van der Waals surface area (Å²) in [5, 5.41) is 9.87. The molecule has 9 rings (SSSR count). The average Bonchev–Trinajstić information content (AvgIpc) is 3.50. The fourth-order valence-corrected chi connectivity index (χ4v) is 6.87. The molecular formula is C40H28ClFN6O.